The predicted octanol–water partition coefficient (Wildman–Crippen LogP) is 5.13. The smallest absolute Gasteiger partial charge is 0.126 e. The first-order chi connectivity index (χ1) is 14.6. The molecule has 3 aromatic carbocycles. The number of nitrogens with zero attached hydrogens (tertiary/aromatic N) is 2. The molecule has 0 aliphatic heterocycles. The molecule has 0 saturated heterocycles. The molecule has 5 nitrogen and oxygen atoms in total. The standard InChI is InChI=1S/C24H21FN2O3/c1-29-21-13-9-19(10-14-21)27-23(16-5-11-20(28)12-6-16)15-22(26-27)24(30-2)17-3-7-18(25)8-4-17/h3-15,24,28H,1-2H3. The van der Waals surface area contributed by atoms with Crippen molar-refractivity contribution in [2.45, 2.75) is 6.10 Å². The molecule has 1 N–H and O–H groups in total. The second-order valence-electron chi connectivity index (χ2n) is 6.78. The summed E-state index contributed by atoms with van der Waals surface area (Å²) in [7, 11) is 3.22. The fraction of sp³-hybridized carbons (Fsp3) is 0.125. The third-order valence-electron chi connectivity index (χ3n) is 4.89. The van der Waals surface area contributed by atoms with Gasteiger partial charge in [0.25, 0.3) is 0 Å². The summed E-state index contributed by atoms with van der Waals surface area (Å²) in [4.78, 5) is 0. The molecule has 0 amide bonds. The number of benzene rings is 3. The lowest BCUT2D eigenvalue weighted by Gasteiger charge is -2.13. The van der Waals surface area contributed by atoms with Crippen LogP contribution in [-0.4, -0.2) is 29.1 Å². The molecule has 0 bridgehead atoms. The Bertz CT molecular complexity index is 1120. The lowest BCUT2D eigenvalue weighted by atomic mass is 10.0. The van der Waals surface area contributed by atoms with Crippen molar-refractivity contribution in [2.24, 2.45) is 0 Å². The molecule has 1 atom stereocenters. The minimum Gasteiger partial charge on any atom is -0.508 e. The first-order valence-electron chi connectivity index (χ1n) is 9.41. The topological polar surface area (TPSA) is 56.5 Å². The van der Waals surface area contributed by atoms with E-state index < -0.39 is 6.10 Å². The fourth-order valence-corrected chi connectivity index (χ4v) is 3.35. The van der Waals surface area contributed by atoms with E-state index in [1.807, 2.05) is 47.1 Å². The molecule has 6 heteroatoms. The van der Waals surface area contributed by atoms with Crippen LogP contribution >= 0.6 is 0 Å². The van der Waals surface area contributed by atoms with Gasteiger partial charge in [-0.3, -0.25) is 0 Å². The van der Waals surface area contributed by atoms with Gasteiger partial charge in [-0.1, -0.05) is 12.1 Å². The van der Waals surface area contributed by atoms with E-state index in [0.29, 0.717) is 5.69 Å². The molecule has 0 aliphatic rings. The molecule has 0 fully saturated rings. The van der Waals surface area contributed by atoms with Gasteiger partial charge in [-0.15, -0.1) is 0 Å². The van der Waals surface area contributed by atoms with E-state index in [4.69, 9.17) is 14.6 Å². The van der Waals surface area contributed by atoms with Crippen LogP contribution in [0.3, 0.4) is 0 Å². The molecule has 0 radical (unpaired) electrons. The van der Waals surface area contributed by atoms with Crippen LogP contribution in [0.1, 0.15) is 17.4 Å². The number of aromatic nitrogens is 2. The molecule has 0 spiro atoms. The lowest BCUT2D eigenvalue weighted by molar-refractivity contribution is 0.132. The zero-order chi connectivity index (χ0) is 21.1. The Hall–Kier alpha value is -3.64. The first-order valence-corrected chi connectivity index (χ1v) is 9.41. The van der Waals surface area contributed by atoms with E-state index in [1.165, 1.54) is 12.1 Å². The maximum absolute atomic E-state index is 13.4. The number of aromatic hydroxyl groups is 1. The first kappa shape index (κ1) is 19.7. The Labute approximate surface area is 173 Å². The van der Waals surface area contributed by atoms with Gasteiger partial charge < -0.3 is 14.6 Å². The Balaban J connectivity index is 1.83. The summed E-state index contributed by atoms with van der Waals surface area (Å²) in [5, 5.41) is 14.5. The van der Waals surface area contributed by atoms with E-state index >= 15 is 0 Å². The van der Waals surface area contributed by atoms with E-state index in [0.717, 1.165) is 28.3 Å². The van der Waals surface area contributed by atoms with Gasteiger partial charge in [0.2, 0.25) is 0 Å². The molecule has 1 aromatic heterocycles. The van der Waals surface area contributed by atoms with Crippen LogP contribution in [0.25, 0.3) is 16.9 Å². The summed E-state index contributed by atoms with van der Waals surface area (Å²) in [6, 6.07) is 22.6. The van der Waals surface area contributed by atoms with Crippen molar-refractivity contribution in [2.75, 3.05) is 14.2 Å². The zero-order valence-electron chi connectivity index (χ0n) is 16.6. The van der Waals surface area contributed by atoms with Gasteiger partial charge in [-0.25, -0.2) is 9.07 Å². The quantitative estimate of drug-likeness (QED) is 0.484. The minimum absolute atomic E-state index is 0.190. The van der Waals surface area contributed by atoms with Crippen molar-refractivity contribution < 1.29 is 19.0 Å². The van der Waals surface area contributed by atoms with E-state index in [9.17, 15) is 9.50 Å². The van der Waals surface area contributed by atoms with Crippen LogP contribution in [0, 0.1) is 5.82 Å². The number of ether oxygens (including phenoxy) is 2. The normalized spacial score (nSPS) is 12.0. The molecule has 4 rings (SSSR count). The maximum Gasteiger partial charge on any atom is 0.126 e. The molecule has 1 heterocycles. The third-order valence-corrected chi connectivity index (χ3v) is 4.89. The number of phenolic OH excluding ortho intramolecular Hbond substituents is 1. The zero-order valence-corrected chi connectivity index (χ0v) is 16.6. The molecular formula is C24H21FN2O3. The van der Waals surface area contributed by atoms with Crippen LogP contribution in [0.2, 0.25) is 0 Å². The summed E-state index contributed by atoms with van der Waals surface area (Å²) in [5.74, 6) is 0.635. The Morgan fingerprint density at radius 2 is 1.57 bits per heavy atom. The van der Waals surface area contributed by atoms with Gasteiger partial charge >= 0.3 is 0 Å². The number of methoxy groups -OCH3 is 2. The summed E-state index contributed by atoms with van der Waals surface area (Å²) in [6.07, 6.45) is -0.457. The second kappa shape index (κ2) is 8.39. The summed E-state index contributed by atoms with van der Waals surface area (Å²) >= 11 is 0. The summed E-state index contributed by atoms with van der Waals surface area (Å²) in [5.41, 5.74) is 4.05. The molecule has 4 aromatic rings. The van der Waals surface area contributed by atoms with Gasteiger partial charge in [-0.05, 0) is 72.3 Å². The fourth-order valence-electron chi connectivity index (χ4n) is 3.35. The number of hydrogen-bond acceptors (Lipinski definition) is 4. The van der Waals surface area contributed by atoms with E-state index in [-0.39, 0.29) is 11.6 Å². The van der Waals surface area contributed by atoms with Crippen molar-refractivity contribution >= 4 is 0 Å². The monoisotopic (exact) mass is 404 g/mol. The Kier molecular flexibility index (Phi) is 5.50. The van der Waals surface area contributed by atoms with E-state index in [1.54, 1.807) is 38.5 Å². The van der Waals surface area contributed by atoms with Crippen molar-refractivity contribution in [3.63, 3.8) is 0 Å². The number of phenols is 1. The molecule has 1 unspecified atom stereocenters. The Morgan fingerprint density at radius 3 is 2.17 bits per heavy atom. The van der Waals surface area contributed by atoms with Crippen LogP contribution in [0.15, 0.2) is 78.9 Å². The molecule has 0 saturated carbocycles. The van der Waals surface area contributed by atoms with Gasteiger partial charge in [0.05, 0.1) is 24.2 Å². The molecule has 152 valence electrons. The van der Waals surface area contributed by atoms with Crippen LogP contribution < -0.4 is 4.74 Å². The van der Waals surface area contributed by atoms with Crippen molar-refractivity contribution in [1.82, 2.24) is 9.78 Å². The average Bonchev–Trinajstić information content (AvgIpc) is 3.21. The molecular weight excluding hydrogens is 383 g/mol. The molecule has 30 heavy (non-hydrogen) atoms. The lowest BCUT2D eigenvalue weighted by Crippen LogP contribution is -2.06. The number of hydrogen-bond donors (Lipinski definition) is 1. The predicted molar refractivity (Wildman–Crippen MR) is 112 cm³/mol. The van der Waals surface area contributed by atoms with Crippen molar-refractivity contribution in [1.29, 1.82) is 0 Å². The van der Waals surface area contributed by atoms with Crippen molar-refractivity contribution in [3.05, 3.63) is 95.9 Å². The average molecular weight is 404 g/mol. The largest absolute Gasteiger partial charge is 0.508 e. The second-order valence-corrected chi connectivity index (χ2v) is 6.78. The highest BCUT2D eigenvalue weighted by Crippen LogP contribution is 2.32. The SMILES string of the molecule is COc1ccc(-n2nc(C(OC)c3ccc(F)cc3)cc2-c2ccc(O)cc2)cc1. The van der Waals surface area contributed by atoms with Crippen LogP contribution in [0.5, 0.6) is 11.5 Å². The highest BCUT2D eigenvalue weighted by atomic mass is 19.1. The Morgan fingerprint density at radius 1 is 0.900 bits per heavy atom. The number of rotatable bonds is 6. The van der Waals surface area contributed by atoms with Gasteiger partial charge in [0.1, 0.15) is 23.4 Å². The third kappa shape index (κ3) is 3.90. The highest BCUT2D eigenvalue weighted by Gasteiger charge is 2.21. The summed E-state index contributed by atoms with van der Waals surface area (Å²) in [6.45, 7) is 0. The van der Waals surface area contributed by atoms with Crippen LogP contribution in [0.4, 0.5) is 4.39 Å². The van der Waals surface area contributed by atoms with Gasteiger partial charge in [0, 0.05) is 12.7 Å². The van der Waals surface area contributed by atoms with E-state index in [2.05, 4.69) is 0 Å². The van der Waals surface area contributed by atoms with Gasteiger partial charge in [-0.2, -0.15) is 5.10 Å². The molecule has 0 aliphatic carbocycles. The summed E-state index contributed by atoms with van der Waals surface area (Å²) < 4.78 is 26.1. The van der Waals surface area contributed by atoms with Gasteiger partial charge in [0.15, 0.2) is 0 Å². The van der Waals surface area contributed by atoms with Crippen LogP contribution in [-0.2, 0) is 4.74 Å². The number of halogens is 1. The maximum atomic E-state index is 13.4. The van der Waals surface area contributed by atoms with Crippen molar-refractivity contribution in [3.8, 4) is 28.4 Å². The highest BCUT2D eigenvalue weighted by molar-refractivity contribution is 5.64. The minimum atomic E-state index is -0.457.